The molecule has 0 amide bonds. The van der Waals surface area contributed by atoms with E-state index in [1.807, 2.05) is 0 Å². The fourth-order valence-electron chi connectivity index (χ4n) is 0. The van der Waals surface area contributed by atoms with E-state index >= 15 is 0 Å². The van der Waals surface area contributed by atoms with E-state index in [1.54, 1.807) is 0 Å². The molecule has 28 valence electrons. The molecule has 0 N–H and O–H groups in total. The normalized spacial score (nSPS) is 0. The van der Waals surface area contributed by atoms with E-state index in [0.717, 1.165) is 0 Å². The van der Waals surface area contributed by atoms with Gasteiger partial charge in [0.15, 0.2) is 0 Å². The summed E-state index contributed by atoms with van der Waals surface area (Å²) in [6.07, 6.45) is 0. The molecule has 0 nitrogen and oxygen atoms in total. The van der Waals surface area contributed by atoms with Crippen LogP contribution in [-0.4, -0.2) is 69.4 Å². The third-order valence-corrected chi connectivity index (χ3v) is 0. The zero-order chi connectivity index (χ0) is 0. The van der Waals surface area contributed by atoms with Crippen LogP contribution in [0.15, 0.2) is 0 Å². The summed E-state index contributed by atoms with van der Waals surface area (Å²) < 4.78 is 0. The van der Waals surface area contributed by atoms with Gasteiger partial charge in [0.2, 0.25) is 0 Å². The molecule has 12 radical (unpaired) electrons. The first kappa shape index (κ1) is 75.0. The Kier molecular flexibility index (Phi) is 546. The third kappa shape index (κ3) is 44.1. The second-order valence-electron chi connectivity index (χ2n) is 0. The first-order valence-electron chi connectivity index (χ1n) is 0. The van der Waals surface area contributed by atoms with Crippen LogP contribution in [0.4, 0.5) is 0 Å². The Morgan fingerprint density at radius 3 is 0.250 bits per heavy atom. The maximum atomic E-state index is 0. The monoisotopic (exact) mass is 300 g/mol. The van der Waals surface area contributed by atoms with Crippen molar-refractivity contribution in [1.29, 1.82) is 0 Å². The Hall–Kier alpha value is 4.99. The Morgan fingerprint density at radius 2 is 0.250 bits per heavy atom. The topological polar surface area (TPSA) is 0 Å². The molecule has 8 heavy (non-hydrogen) atoms. The molecule has 0 aromatic carbocycles. The summed E-state index contributed by atoms with van der Waals surface area (Å²) in [4.78, 5) is 0. The Labute approximate surface area is 153 Å². The quantitative estimate of drug-likeness (QED) is 0.476. The SMILES string of the molecule is [Al].[Al].[Al].[Al].[Ti].[Ti].[Ti].[Ti]. The van der Waals surface area contributed by atoms with E-state index < -0.39 is 0 Å². The van der Waals surface area contributed by atoms with Crippen molar-refractivity contribution in [3.8, 4) is 0 Å². The number of hydrogen-bond donors (Lipinski definition) is 0. The second kappa shape index (κ2) is 58.2. The molecule has 0 aliphatic rings. The molecule has 0 saturated carbocycles. The molecule has 0 spiro atoms. The summed E-state index contributed by atoms with van der Waals surface area (Å²) in [6, 6.07) is 0. The molecule has 0 fully saturated rings. The van der Waals surface area contributed by atoms with Gasteiger partial charge in [-0.1, -0.05) is 0 Å². The van der Waals surface area contributed by atoms with Crippen LogP contribution in [0.2, 0.25) is 0 Å². The van der Waals surface area contributed by atoms with E-state index in [-0.39, 0.29) is 156 Å². The van der Waals surface area contributed by atoms with Gasteiger partial charge >= 0.3 is 0 Å². The van der Waals surface area contributed by atoms with Crippen LogP contribution < -0.4 is 0 Å². The summed E-state index contributed by atoms with van der Waals surface area (Å²) in [5.74, 6) is 0. The van der Waals surface area contributed by atoms with Gasteiger partial charge in [0.25, 0.3) is 0 Å². The minimum Gasteiger partial charge on any atom is 0 e. The summed E-state index contributed by atoms with van der Waals surface area (Å²) in [5.41, 5.74) is 0. The van der Waals surface area contributed by atoms with Crippen molar-refractivity contribution in [1.82, 2.24) is 0 Å². The molecule has 0 atom stereocenters. The Balaban J connectivity index is 0. The van der Waals surface area contributed by atoms with Gasteiger partial charge in [-0.25, -0.2) is 0 Å². The first-order valence-corrected chi connectivity index (χ1v) is 0. The van der Waals surface area contributed by atoms with Gasteiger partial charge in [-0.15, -0.1) is 0 Å². The van der Waals surface area contributed by atoms with E-state index in [2.05, 4.69) is 0 Å². The van der Waals surface area contributed by atoms with Crippen molar-refractivity contribution in [3.63, 3.8) is 0 Å². The van der Waals surface area contributed by atoms with Gasteiger partial charge in [0.1, 0.15) is 0 Å². The fourth-order valence-corrected chi connectivity index (χ4v) is 0. The molecule has 0 saturated heterocycles. The Bertz CT molecular complexity index is 8.00. The van der Waals surface area contributed by atoms with Gasteiger partial charge in [-0.3, -0.25) is 0 Å². The molecule has 0 aliphatic carbocycles. The van der Waals surface area contributed by atoms with Crippen molar-refractivity contribution >= 4 is 69.4 Å². The maximum absolute atomic E-state index is 0. The number of rotatable bonds is 0. The van der Waals surface area contributed by atoms with Gasteiger partial charge in [-0.2, -0.15) is 0 Å². The molecule has 0 unspecified atom stereocenters. The van der Waals surface area contributed by atoms with Crippen LogP contribution in [0.1, 0.15) is 0 Å². The van der Waals surface area contributed by atoms with Crippen LogP contribution in [0.25, 0.3) is 0 Å². The van der Waals surface area contributed by atoms with Crippen LogP contribution in [0.3, 0.4) is 0 Å². The minimum atomic E-state index is 0. The van der Waals surface area contributed by atoms with Crippen molar-refractivity contribution in [3.05, 3.63) is 0 Å². The molecule has 0 heterocycles. The maximum Gasteiger partial charge on any atom is 0 e. The van der Waals surface area contributed by atoms with Crippen molar-refractivity contribution in [2.24, 2.45) is 0 Å². The molecular weight excluding hydrogens is 299 g/mol. The molecule has 0 aromatic rings. The smallest absolute Gasteiger partial charge is 0 e. The van der Waals surface area contributed by atoms with Gasteiger partial charge in [0, 0.05) is 156 Å². The standard InChI is InChI=1S/4Al.4Ti. The predicted molar refractivity (Wildman–Crippen MR) is 23.0 cm³/mol. The zero-order valence-electron chi connectivity index (χ0n) is 4.31. The van der Waals surface area contributed by atoms with Gasteiger partial charge in [-0.05, 0) is 0 Å². The molecule has 0 rings (SSSR count). The zero-order valence-corrected chi connectivity index (χ0v) is 15.2. The average molecular weight is 299 g/mol. The van der Waals surface area contributed by atoms with Crippen molar-refractivity contribution < 1.29 is 86.9 Å². The molecular formula is Al4Ti4. The van der Waals surface area contributed by atoms with Gasteiger partial charge in [0.05, 0.1) is 0 Å². The predicted octanol–water partition coefficient (Wildman–Crippen LogP) is -1.53. The summed E-state index contributed by atoms with van der Waals surface area (Å²) in [6.45, 7) is 0. The number of hydrogen-bond acceptors (Lipinski definition) is 0. The summed E-state index contributed by atoms with van der Waals surface area (Å²) in [5, 5.41) is 0. The van der Waals surface area contributed by atoms with E-state index in [0.29, 0.717) is 0 Å². The van der Waals surface area contributed by atoms with E-state index in [9.17, 15) is 0 Å². The second-order valence-corrected chi connectivity index (χ2v) is 0. The largest absolute Gasteiger partial charge is 0 e. The van der Waals surface area contributed by atoms with Crippen molar-refractivity contribution in [2.75, 3.05) is 0 Å². The molecule has 0 aromatic heterocycles. The van der Waals surface area contributed by atoms with Gasteiger partial charge < -0.3 is 0 Å². The van der Waals surface area contributed by atoms with Crippen LogP contribution in [0.5, 0.6) is 0 Å². The fraction of sp³-hybridized carbons (Fsp3) is 0. The van der Waals surface area contributed by atoms with Crippen LogP contribution in [0, 0.1) is 0 Å². The molecule has 0 bridgehead atoms. The minimum absolute atomic E-state index is 0. The molecule has 0 aliphatic heterocycles. The first-order chi connectivity index (χ1) is 0. The van der Waals surface area contributed by atoms with Crippen LogP contribution >= 0.6 is 0 Å². The summed E-state index contributed by atoms with van der Waals surface area (Å²) >= 11 is 0. The Morgan fingerprint density at radius 1 is 0.250 bits per heavy atom. The summed E-state index contributed by atoms with van der Waals surface area (Å²) in [7, 11) is 0. The van der Waals surface area contributed by atoms with Crippen molar-refractivity contribution in [2.45, 2.75) is 0 Å². The van der Waals surface area contributed by atoms with Crippen LogP contribution in [-0.2, 0) is 86.9 Å². The average Bonchev–Trinajstić information content (AvgIpc) is 0. The van der Waals surface area contributed by atoms with E-state index in [1.165, 1.54) is 0 Å². The molecule has 8 heteroatoms. The van der Waals surface area contributed by atoms with E-state index in [4.69, 9.17) is 0 Å². The third-order valence-electron chi connectivity index (χ3n) is 0.